The Morgan fingerprint density at radius 2 is 2.47 bits per heavy atom. The van der Waals surface area contributed by atoms with Gasteiger partial charge in [-0.25, -0.2) is 4.98 Å². The van der Waals surface area contributed by atoms with Crippen molar-refractivity contribution in [2.24, 2.45) is 0 Å². The molecule has 100 valence electrons. The lowest BCUT2D eigenvalue weighted by molar-refractivity contribution is -0.384. The van der Waals surface area contributed by atoms with E-state index in [4.69, 9.17) is 5.26 Å². The van der Waals surface area contributed by atoms with Crippen molar-refractivity contribution < 1.29 is 4.92 Å². The minimum absolute atomic E-state index is 0.0268. The summed E-state index contributed by atoms with van der Waals surface area (Å²) in [5.41, 5.74) is -0.221. The van der Waals surface area contributed by atoms with Crippen molar-refractivity contribution in [3.8, 4) is 6.07 Å². The number of piperidine rings is 1. The summed E-state index contributed by atoms with van der Waals surface area (Å²) in [6.07, 6.45) is 3.34. The van der Waals surface area contributed by atoms with E-state index in [0.29, 0.717) is 0 Å². The molecule has 2 atom stereocenters. The van der Waals surface area contributed by atoms with Crippen molar-refractivity contribution in [1.29, 1.82) is 5.26 Å². The molecule has 1 aliphatic heterocycles. The van der Waals surface area contributed by atoms with Crippen molar-refractivity contribution in [2.75, 3.05) is 11.9 Å². The summed E-state index contributed by atoms with van der Waals surface area (Å²) in [5, 5.41) is 26.4. The molecular weight excluding hydrogens is 246 g/mol. The second kappa shape index (κ2) is 5.63. The molecular formula is C12H15N5O2. The molecule has 0 aliphatic carbocycles. The molecule has 2 heterocycles. The van der Waals surface area contributed by atoms with Gasteiger partial charge in [-0.05, 0) is 32.4 Å². The molecule has 0 saturated carbocycles. The Balaban J connectivity index is 2.29. The van der Waals surface area contributed by atoms with Crippen LogP contribution in [-0.2, 0) is 0 Å². The number of nitrogens with zero attached hydrogens (tertiary/aromatic N) is 3. The molecule has 1 aliphatic rings. The summed E-state index contributed by atoms with van der Waals surface area (Å²) >= 11 is 0. The third-order valence-corrected chi connectivity index (χ3v) is 3.31. The number of pyridine rings is 1. The maximum Gasteiger partial charge on any atom is 0.328 e. The van der Waals surface area contributed by atoms with Crippen LogP contribution in [-0.4, -0.2) is 28.5 Å². The van der Waals surface area contributed by atoms with Gasteiger partial charge in [-0.15, -0.1) is 0 Å². The Kier molecular flexibility index (Phi) is 3.92. The molecule has 7 nitrogen and oxygen atoms in total. The van der Waals surface area contributed by atoms with Crippen LogP contribution in [0.25, 0.3) is 0 Å². The molecule has 1 saturated heterocycles. The monoisotopic (exact) mass is 261 g/mol. The van der Waals surface area contributed by atoms with E-state index >= 15 is 0 Å². The van der Waals surface area contributed by atoms with Crippen molar-refractivity contribution in [2.45, 2.75) is 31.8 Å². The fourth-order valence-electron chi connectivity index (χ4n) is 2.25. The highest BCUT2D eigenvalue weighted by molar-refractivity contribution is 5.64. The van der Waals surface area contributed by atoms with E-state index in [1.165, 1.54) is 12.3 Å². The predicted molar refractivity (Wildman–Crippen MR) is 69.7 cm³/mol. The first kappa shape index (κ1) is 13.2. The number of nitriles is 1. The largest absolute Gasteiger partial charge is 0.360 e. The number of nitrogens with one attached hydrogen (secondary N) is 2. The summed E-state index contributed by atoms with van der Waals surface area (Å²) in [6, 6.07) is 3.47. The van der Waals surface area contributed by atoms with Gasteiger partial charge in [0.15, 0.2) is 0 Å². The SMILES string of the molecule is CC1NCCCC1Nc1nccc(C#N)c1[N+](=O)[O-]. The van der Waals surface area contributed by atoms with Gasteiger partial charge in [-0.1, -0.05) is 0 Å². The minimum Gasteiger partial charge on any atom is -0.360 e. The van der Waals surface area contributed by atoms with E-state index in [1.54, 1.807) is 0 Å². The Bertz CT molecular complexity index is 525. The molecule has 0 radical (unpaired) electrons. The van der Waals surface area contributed by atoms with Crippen LogP contribution in [0.4, 0.5) is 11.5 Å². The fraction of sp³-hybridized carbons (Fsp3) is 0.500. The summed E-state index contributed by atoms with van der Waals surface area (Å²) in [7, 11) is 0. The quantitative estimate of drug-likeness (QED) is 0.629. The van der Waals surface area contributed by atoms with Gasteiger partial charge in [-0.2, -0.15) is 5.26 Å². The highest BCUT2D eigenvalue weighted by atomic mass is 16.6. The molecule has 7 heteroatoms. The van der Waals surface area contributed by atoms with Gasteiger partial charge >= 0.3 is 5.69 Å². The topological polar surface area (TPSA) is 104 Å². The number of hydrogen-bond acceptors (Lipinski definition) is 6. The molecule has 1 fully saturated rings. The van der Waals surface area contributed by atoms with Gasteiger partial charge in [0.25, 0.3) is 0 Å². The Morgan fingerprint density at radius 1 is 1.68 bits per heavy atom. The molecule has 1 aromatic heterocycles. The maximum absolute atomic E-state index is 11.1. The lowest BCUT2D eigenvalue weighted by atomic mass is 10.00. The second-order valence-corrected chi connectivity index (χ2v) is 4.56. The van der Waals surface area contributed by atoms with Crippen LogP contribution >= 0.6 is 0 Å². The lowest BCUT2D eigenvalue weighted by Crippen LogP contribution is -2.46. The van der Waals surface area contributed by atoms with E-state index in [0.717, 1.165) is 19.4 Å². The third-order valence-electron chi connectivity index (χ3n) is 3.31. The lowest BCUT2D eigenvalue weighted by Gasteiger charge is -2.30. The van der Waals surface area contributed by atoms with Gasteiger partial charge in [0, 0.05) is 18.3 Å². The number of anilines is 1. The zero-order valence-electron chi connectivity index (χ0n) is 10.6. The molecule has 2 N–H and O–H groups in total. The number of aromatic nitrogens is 1. The standard InChI is InChI=1S/C12H15N5O2/c1-8-10(3-2-5-14-8)16-12-11(17(18)19)9(7-13)4-6-15-12/h4,6,8,10,14H,2-3,5H2,1H3,(H,15,16). The summed E-state index contributed by atoms with van der Waals surface area (Å²) in [4.78, 5) is 14.5. The molecule has 2 unspecified atom stereocenters. The van der Waals surface area contributed by atoms with Crippen LogP contribution < -0.4 is 10.6 Å². The van der Waals surface area contributed by atoms with Crippen LogP contribution in [0.3, 0.4) is 0 Å². The normalized spacial score (nSPS) is 22.5. The first-order valence-corrected chi connectivity index (χ1v) is 6.17. The van der Waals surface area contributed by atoms with Crippen LogP contribution in [0.5, 0.6) is 0 Å². The van der Waals surface area contributed by atoms with E-state index in [-0.39, 0.29) is 29.2 Å². The first-order valence-electron chi connectivity index (χ1n) is 6.17. The fourth-order valence-corrected chi connectivity index (χ4v) is 2.25. The van der Waals surface area contributed by atoms with Gasteiger partial charge in [0.2, 0.25) is 5.82 Å². The molecule has 19 heavy (non-hydrogen) atoms. The van der Waals surface area contributed by atoms with Gasteiger partial charge in [0.05, 0.1) is 4.92 Å². The van der Waals surface area contributed by atoms with Crippen LogP contribution in [0.1, 0.15) is 25.3 Å². The maximum atomic E-state index is 11.1. The smallest absolute Gasteiger partial charge is 0.328 e. The molecule has 0 aromatic carbocycles. The first-order chi connectivity index (χ1) is 9.13. The van der Waals surface area contributed by atoms with Crippen molar-refractivity contribution in [3.63, 3.8) is 0 Å². The molecule has 0 amide bonds. The zero-order valence-corrected chi connectivity index (χ0v) is 10.6. The minimum atomic E-state index is -0.561. The van der Waals surface area contributed by atoms with Crippen molar-refractivity contribution >= 4 is 11.5 Å². The highest BCUT2D eigenvalue weighted by Gasteiger charge is 2.26. The molecule has 1 aromatic rings. The molecule has 0 bridgehead atoms. The van der Waals surface area contributed by atoms with Crippen LogP contribution in [0.2, 0.25) is 0 Å². The number of rotatable bonds is 3. The average molecular weight is 261 g/mol. The van der Waals surface area contributed by atoms with Crippen LogP contribution in [0, 0.1) is 21.4 Å². The van der Waals surface area contributed by atoms with Gasteiger partial charge in [0.1, 0.15) is 11.6 Å². The highest BCUT2D eigenvalue weighted by Crippen LogP contribution is 2.27. The summed E-state index contributed by atoms with van der Waals surface area (Å²) < 4.78 is 0. The Morgan fingerprint density at radius 3 is 3.11 bits per heavy atom. The van der Waals surface area contributed by atoms with Crippen molar-refractivity contribution in [1.82, 2.24) is 10.3 Å². The average Bonchev–Trinajstić information content (AvgIpc) is 2.40. The third kappa shape index (κ3) is 2.80. The predicted octanol–water partition coefficient (Wildman–Crippen LogP) is 1.41. The summed E-state index contributed by atoms with van der Waals surface area (Å²) in [5.74, 6) is 0.171. The van der Waals surface area contributed by atoms with Gasteiger partial charge in [-0.3, -0.25) is 10.1 Å². The Labute approximate surface area is 110 Å². The van der Waals surface area contributed by atoms with E-state index < -0.39 is 4.92 Å². The number of nitro groups is 1. The zero-order chi connectivity index (χ0) is 13.8. The molecule has 2 rings (SSSR count). The second-order valence-electron chi connectivity index (χ2n) is 4.56. The van der Waals surface area contributed by atoms with E-state index in [2.05, 4.69) is 15.6 Å². The van der Waals surface area contributed by atoms with E-state index in [1.807, 2.05) is 13.0 Å². The molecule has 0 spiro atoms. The van der Waals surface area contributed by atoms with Gasteiger partial charge < -0.3 is 10.6 Å². The van der Waals surface area contributed by atoms with Crippen LogP contribution in [0.15, 0.2) is 12.3 Å². The summed E-state index contributed by atoms with van der Waals surface area (Å²) in [6.45, 7) is 2.98. The number of hydrogen-bond donors (Lipinski definition) is 2. The van der Waals surface area contributed by atoms with E-state index in [9.17, 15) is 10.1 Å². The Hall–Kier alpha value is -2.20. The van der Waals surface area contributed by atoms with Crippen molar-refractivity contribution in [3.05, 3.63) is 27.9 Å².